The van der Waals surface area contributed by atoms with Crippen LogP contribution in [0, 0.1) is 6.92 Å². The molecule has 0 aliphatic rings. The van der Waals surface area contributed by atoms with Gasteiger partial charge < -0.3 is 10.5 Å². The summed E-state index contributed by atoms with van der Waals surface area (Å²) in [7, 11) is 0. The fourth-order valence-corrected chi connectivity index (χ4v) is 2.08. The lowest BCUT2D eigenvalue weighted by molar-refractivity contribution is 0.0922. The second kappa shape index (κ2) is 6.44. The Balaban J connectivity index is 2.01. The van der Waals surface area contributed by atoms with E-state index in [4.69, 9.17) is 10.5 Å². The lowest BCUT2D eigenvalue weighted by Gasteiger charge is -2.10. The Kier molecular flexibility index (Phi) is 4.63. The van der Waals surface area contributed by atoms with Crippen LogP contribution in [0.4, 0.5) is 5.69 Å². The summed E-state index contributed by atoms with van der Waals surface area (Å²) < 4.78 is 5.51. The number of aryl methyl sites for hydroxylation is 1. The Morgan fingerprint density at radius 1 is 1.14 bits per heavy atom. The number of nitrogen functional groups attached to an aromatic ring is 1. The number of nitrogens with two attached hydrogens (primary N) is 1. The molecular weight excluding hydrogens is 262 g/mol. The van der Waals surface area contributed by atoms with Crippen molar-refractivity contribution in [2.45, 2.75) is 26.7 Å². The summed E-state index contributed by atoms with van der Waals surface area (Å²) in [6, 6.07) is 13.2. The van der Waals surface area contributed by atoms with Crippen LogP contribution in [0.5, 0.6) is 5.75 Å². The Morgan fingerprint density at radius 3 is 2.38 bits per heavy atom. The van der Waals surface area contributed by atoms with Crippen LogP contribution >= 0.6 is 0 Å². The van der Waals surface area contributed by atoms with Gasteiger partial charge in [0.25, 0.3) is 0 Å². The van der Waals surface area contributed by atoms with Crippen molar-refractivity contribution >= 4 is 11.5 Å². The summed E-state index contributed by atoms with van der Waals surface area (Å²) in [6.07, 6.45) is 0. The Morgan fingerprint density at radius 2 is 1.81 bits per heavy atom. The first-order chi connectivity index (χ1) is 9.97. The number of Topliss-reactive ketones (excluding diaryl/α,β-unsaturated/α-hetero) is 1. The number of anilines is 1. The van der Waals surface area contributed by atoms with Gasteiger partial charge >= 0.3 is 0 Å². The highest BCUT2D eigenvalue weighted by Gasteiger charge is 2.09. The van der Waals surface area contributed by atoms with E-state index in [-0.39, 0.29) is 12.4 Å². The molecule has 2 aromatic rings. The quantitative estimate of drug-likeness (QED) is 0.667. The third-order valence-electron chi connectivity index (χ3n) is 3.42. The van der Waals surface area contributed by atoms with Gasteiger partial charge in [-0.15, -0.1) is 0 Å². The molecule has 110 valence electrons. The second-order valence-electron chi connectivity index (χ2n) is 5.53. The Labute approximate surface area is 125 Å². The molecule has 0 aromatic heterocycles. The largest absolute Gasteiger partial charge is 0.483 e. The topological polar surface area (TPSA) is 52.3 Å². The number of carbonyl (C=O) groups is 1. The Hall–Kier alpha value is -2.29. The molecule has 0 unspecified atom stereocenters. The molecule has 0 radical (unpaired) electrons. The van der Waals surface area contributed by atoms with Crippen LogP contribution in [-0.2, 0) is 0 Å². The molecule has 0 amide bonds. The van der Waals surface area contributed by atoms with Crippen molar-refractivity contribution in [2.75, 3.05) is 12.3 Å². The van der Waals surface area contributed by atoms with E-state index in [2.05, 4.69) is 13.8 Å². The van der Waals surface area contributed by atoms with Gasteiger partial charge in [0.1, 0.15) is 5.75 Å². The van der Waals surface area contributed by atoms with E-state index < -0.39 is 0 Å². The number of ether oxygens (including phenoxy) is 1. The second-order valence-corrected chi connectivity index (χ2v) is 5.53. The summed E-state index contributed by atoms with van der Waals surface area (Å²) in [6.45, 7) is 6.20. The molecule has 21 heavy (non-hydrogen) atoms. The zero-order valence-corrected chi connectivity index (χ0v) is 12.7. The van der Waals surface area contributed by atoms with Gasteiger partial charge in [-0.25, -0.2) is 0 Å². The molecule has 2 rings (SSSR count). The lowest BCUT2D eigenvalue weighted by Crippen LogP contribution is -2.12. The van der Waals surface area contributed by atoms with Crippen molar-refractivity contribution in [3.05, 3.63) is 59.2 Å². The van der Waals surface area contributed by atoms with Gasteiger partial charge in [-0.2, -0.15) is 0 Å². The van der Waals surface area contributed by atoms with Gasteiger partial charge in [0, 0.05) is 5.56 Å². The number of rotatable bonds is 5. The SMILES string of the molecule is Cc1ccc(OCC(=O)c2ccc(C(C)C)cc2)c(N)c1. The minimum absolute atomic E-state index is 0.00567. The summed E-state index contributed by atoms with van der Waals surface area (Å²) >= 11 is 0. The molecule has 0 heterocycles. The summed E-state index contributed by atoms with van der Waals surface area (Å²) in [4.78, 5) is 12.1. The smallest absolute Gasteiger partial charge is 0.200 e. The molecule has 0 atom stereocenters. The first-order valence-electron chi connectivity index (χ1n) is 7.09. The molecule has 0 aliphatic heterocycles. The van der Waals surface area contributed by atoms with Crippen LogP contribution in [0.3, 0.4) is 0 Å². The molecule has 2 aromatic carbocycles. The average Bonchev–Trinajstić information content (AvgIpc) is 2.46. The zero-order chi connectivity index (χ0) is 15.4. The van der Waals surface area contributed by atoms with Crippen molar-refractivity contribution in [1.29, 1.82) is 0 Å². The number of hydrogen-bond donors (Lipinski definition) is 1. The van der Waals surface area contributed by atoms with Crippen LogP contribution in [0.25, 0.3) is 0 Å². The number of benzene rings is 2. The highest BCUT2D eigenvalue weighted by molar-refractivity contribution is 5.97. The minimum Gasteiger partial charge on any atom is -0.483 e. The van der Waals surface area contributed by atoms with E-state index in [0.717, 1.165) is 5.56 Å². The molecule has 0 saturated carbocycles. The number of hydrogen-bond acceptors (Lipinski definition) is 3. The first-order valence-corrected chi connectivity index (χ1v) is 7.09. The van der Waals surface area contributed by atoms with Crippen LogP contribution in [-0.4, -0.2) is 12.4 Å². The van der Waals surface area contributed by atoms with Crippen molar-refractivity contribution in [3.63, 3.8) is 0 Å². The normalized spacial score (nSPS) is 10.7. The molecule has 0 saturated heterocycles. The van der Waals surface area contributed by atoms with E-state index in [1.807, 2.05) is 43.3 Å². The lowest BCUT2D eigenvalue weighted by atomic mass is 10.0. The van der Waals surface area contributed by atoms with E-state index in [0.29, 0.717) is 22.9 Å². The summed E-state index contributed by atoms with van der Waals surface area (Å²) in [5.74, 6) is 0.954. The molecular formula is C18H21NO2. The van der Waals surface area contributed by atoms with Gasteiger partial charge in [0.15, 0.2) is 12.4 Å². The van der Waals surface area contributed by atoms with Gasteiger partial charge in [0.2, 0.25) is 0 Å². The standard InChI is InChI=1S/C18H21NO2/c1-12(2)14-5-7-15(8-6-14)17(20)11-21-18-9-4-13(3)10-16(18)19/h4-10,12H,11,19H2,1-3H3. The van der Waals surface area contributed by atoms with E-state index >= 15 is 0 Å². The molecule has 0 aliphatic carbocycles. The van der Waals surface area contributed by atoms with E-state index in [1.54, 1.807) is 6.07 Å². The van der Waals surface area contributed by atoms with E-state index in [9.17, 15) is 4.79 Å². The average molecular weight is 283 g/mol. The van der Waals surface area contributed by atoms with Gasteiger partial charge in [-0.1, -0.05) is 44.2 Å². The maximum absolute atomic E-state index is 12.1. The predicted molar refractivity (Wildman–Crippen MR) is 85.9 cm³/mol. The van der Waals surface area contributed by atoms with Gasteiger partial charge in [-0.05, 0) is 36.1 Å². The summed E-state index contributed by atoms with van der Waals surface area (Å²) in [5.41, 5.74) is 9.36. The fourth-order valence-electron chi connectivity index (χ4n) is 2.08. The van der Waals surface area contributed by atoms with Crippen molar-refractivity contribution in [1.82, 2.24) is 0 Å². The van der Waals surface area contributed by atoms with E-state index in [1.165, 1.54) is 5.56 Å². The molecule has 0 spiro atoms. The van der Waals surface area contributed by atoms with Crippen molar-refractivity contribution in [2.24, 2.45) is 0 Å². The van der Waals surface area contributed by atoms with Gasteiger partial charge in [0.05, 0.1) is 5.69 Å². The summed E-state index contributed by atoms with van der Waals surface area (Å²) in [5, 5.41) is 0. The Bertz CT molecular complexity index is 630. The monoisotopic (exact) mass is 283 g/mol. The number of ketones is 1. The maximum atomic E-state index is 12.1. The predicted octanol–water partition coefficient (Wildman–Crippen LogP) is 3.96. The third kappa shape index (κ3) is 3.85. The van der Waals surface area contributed by atoms with Crippen molar-refractivity contribution < 1.29 is 9.53 Å². The minimum atomic E-state index is -0.0507. The van der Waals surface area contributed by atoms with Crippen LogP contribution in [0.15, 0.2) is 42.5 Å². The highest BCUT2D eigenvalue weighted by Crippen LogP contribution is 2.22. The molecule has 3 heteroatoms. The highest BCUT2D eigenvalue weighted by atomic mass is 16.5. The van der Waals surface area contributed by atoms with Crippen LogP contribution in [0.2, 0.25) is 0 Å². The van der Waals surface area contributed by atoms with Gasteiger partial charge in [-0.3, -0.25) is 4.79 Å². The fraction of sp³-hybridized carbons (Fsp3) is 0.278. The zero-order valence-electron chi connectivity index (χ0n) is 12.7. The molecule has 3 nitrogen and oxygen atoms in total. The first kappa shape index (κ1) is 15.1. The van der Waals surface area contributed by atoms with Crippen LogP contribution in [0.1, 0.15) is 41.3 Å². The number of carbonyl (C=O) groups excluding carboxylic acids is 1. The molecule has 0 bridgehead atoms. The molecule has 2 N–H and O–H groups in total. The van der Waals surface area contributed by atoms with Crippen molar-refractivity contribution in [3.8, 4) is 5.75 Å². The maximum Gasteiger partial charge on any atom is 0.200 e. The third-order valence-corrected chi connectivity index (χ3v) is 3.42. The van der Waals surface area contributed by atoms with Crippen LogP contribution < -0.4 is 10.5 Å². The molecule has 0 fully saturated rings.